The van der Waals surface area contributed by atoms with Crippen LogP contribution in [0.3, 0.4) is 0 Å². The molecule has 1 fully saturated rings. The van der Waals surface area contributed by atoms with Gasteiger partial charge in [-0.1, -0.05) is 42.8 Å². The lowest BCUT2D eigenvalue weighted by atomic mass is 10.1. The minimum absolute atomic E-state index is 0.256. The zero-order valence-corrected chi connectivity index (χ0v) is 21.2. The molecule has 5 rings (SSSR count). The second-order valence-corrected chi connectivity index (χ2v) is 10.00. The van der Waals surface area contributed by atoms with Crippen LogP contribution in [-0.4, -0.2) is 39.3 Å². The zero-order chi connectivity index (χ0) is 24.9. The van der Waals surface area contributed by atoms with Crippen LogP contribution in [0.5, 0.6) is 11.5 Å². The Kier molecular flexibility index (Phi) is 7.43. The van der Waals surface area contributed by atoms with Gasteiger partial charge in [0.1, 0.15) is 11.5 Å². The van der Waals surface area contributed by atoms with Crippen molar-refractivity contribution in [2.24, 2.45) is 0 Å². The highest BCUT2D eigenvalue weighted by molar-refractivity contribution is 5.92. The van der Waals surface area contributed by atoms with Gasteiger partial charge in [-0.3, -0.25) is 0 Å². The summed E-state index contributed by atoms with van der Waals surface area (Å²) in [5.41, 5.74) is 6.82. The first-order valence-corrected chi connectivity index (χ1v) is 13.2. The maximum Gasteiger partial charge on any atom is 0.116 e. The Labute approximate surface area is 214 Å². The number of rotatable bonds is 8. The Morgan fingerprint density at radius 2 is 1.56 bits per heavy atom. The van der Waals surface area contributed by atoms with Crippen molar-refractivity contribution >= 4 is 17.0 Å². The van der Waals surface area contributed by atoms with Gasteiger partial charge in [0.25, 0.3) is 0 Å². The van der Waals surface area contributed by atoms with E-state index in [1.165, 1.54) is 56.4 Å². The molecule has 0 spiro atoms. The monoisotopic (exact) mass is 480 g/mol. The standard InChI is InChI=1S/C32H36N2O2/c1-24-30-22-29(36)17-18-31(30)34(32(24)27-13-15-28(35)16-14-27)23-26-11-9-25(10-12-26)8-4-2-5-19-33-20-6-3-7-21-33/h4,8-18,22,35-36H,2-3,5-7,19-21,23H2,1H3. The van der Waals surface area contributed by atoms with E-state index in [1.807, 2.05) is 24.3 Å². The van der Waals surface area contributed by atoms with Gasteiger partial charge in [-0.15, -0.1) is 0 Å². The number of fused-ring (bicyclic) bond motifs is 1. The molecule has 1 aliphatic rings. The predicted octanol–water partition coefficient (Wildman–Crippen LogP) is 7.36. The quantitative estimate of drug-likeness (QED) is 0.259. The molecule has 0 unspecified atom stereocenters. The molecule has 1 saturated heterocycles. The second kappa shape index (κ2) is 11.0. The summed E-state index contributed by atoms with van der Waals surface area (Å²) in [6, 6.07) is 21.7. The van der Waals surface area contributed by atoms with E-state index in [0.717, 1.165) is 40.7 Å². The van der Waals surface area contributed by atoms with Gasteiger partial charge in [0.15, 0.2) is 0 Å². The fourth-order valence-corrected chi connectivity index (χ4v) is 5.42. The maximum atomic E-state index is 10.1. The van der Waals surface area contributed by atoms with E-state index in [9.17, 15) is 10.2 Å². The highest BCUT2D eigenvalue weighted by Gasteiger charge is 2.17. The number of unbranched alkanes of at least 4 members (excludes halogenated alkanes) is 1. The highest BCUT2D eigenvalue weighted by atomic mass is 16.3. The van der Waals surface area contributed by atoms with Crippen LogP contribution >= 0.6 is 0 Å². The van der Waals surface area contributed by atoms with Crippen molar-refractivity contribution in [2.75, 3.05) is 19.6 Å². The second-order valence-electron chi connectivity index (χ2n) is 10.00. The van der Waals surface area contributed by atoms with Gasteiger partial charge in [-0.2, -0.15) is 0 Å². The molecular weight excluding hydrogens is 444 g/mol. The number of allylic oxidation sites excluding steroid dienone is 1. The normalized spacial score (nSPS) is 14.7. The third kappa shape index (κ3) is 5.50. The van der Waals surface area contributed by atoms with Gasteiger partial charge in [0, 0.05) is 17.4 Å². The number of aromatic nitrogens is 1. The molecule has 0 amide bonds. The number of nitrogens with zero attached hydrogens (tertiary/aromatic N) is 2. The number of likely N-dealkylation sites (tertiary alicyclic amines) is 1. The lowest BCUT2D eigenvalue weighted by molar-refractivity contribution is 0.227. The molecule has 0 radical (unpaired) electrons. The molecule has 36 heavy (non-hydrogen) atoms. The van der Waals surface area contributed by atoms with Crippen LogP contribution in [0.2, 0.25) is 0 Å². The van der Waals surface area contributed by atoms with Crippen LogP contribution in [0.25, 0.3) is 28.2 Å². The minimum atomic E-state index is 0.256. The molecule has 0 bridgehead atoms. The molecule has 2 heterocycles. The summed E-state index contributed by atoms with van der Waals surface area (Å²) in [7, 11) is 0. The molecule has 0 saturated carbocycles. The number of aryl methyl sites for hydroxylation is 1. The van der Waals surface area contributed by atoms with Crippen LogP contribution in [0.1, 0.15) is 48.8 Å². The molecule has 1 aliphatic heterocycles. The van der Waals surface area contributed by atoms with Crippen molar-refractivity contribution in [3.63, 3.8) is 0 Å². The van der Waals surface area contributed by atoms with Crippen LogP contribution in [0, 0.1) is 6.92 Å². The number of hydrogen-bond acceptors (Lipinski definition) is 3. The van der Waals surface area contributed by atoms with E-state index in [-0.39, 0.29) is 11.5 Å². The minimum Gasteiger partial charge on any atom is -0.508 e. The summed E-state index contributed by atoms with van der Waals surface area (Å²) in [5.74, 6) is 0.527. The van der Waals surface area contributed by atoms with Gasteiger partial charge in [0.2, 0.25) is 0 Å². The lowest BCUT2D eigenvalue weighted by Gasteiger charge is -2.25. The van der Waals surface area contributed by atoms with E-state index in [4.69, 9.17) is 0 Å². The number of phenols is 2. The SMILES string of the molecule is Cc1c(-c2ccc(O)cc2)n(Cc2ccc(C=CCCCN3CCCCC3)cc2)c2ccc(O)cc12. The molecule has 0 aliphatic carbocycles. The fourth-order valence-electron chi connectivity index (χ4n) is 5.42. The Bertz CT molecular complexity index is 1330. The first kappa shape index (κ1) is 24.2. The van der Waals surface area contributed by atoms with E-state index < -0.39 is 0 Å². The van der Waals surface area contributed by atoms with E-state index in [2.05, 4.69) is 52.8 Å². The van der Waals surface area contributed by atoms with Crippen LogP contribution in [0.4, 0.5) is 0 Å². The zero-order valence-electron chi connectivity index (χ0n) is 21.2. The summed E-state index contributed by atoms with van der Waals surface area (Å²) < 4.78 is 2.31. The number of benzene rings is 3. The molecule has 3 aromatic carbocycles. The average molecular weight is 481 g/mol. The highest BCUT2D eigenvalue weighted by Crippen LogP contribution is 2.36. The molecule has 2 N–H and O–H groups in total. The third-order valence-electron chi connectivity index (χ3n) is 7.37. The van der Waals surface area contributed by atoms with Crippen molar-refractivity contribution in [3.05, 3.63) is 89.5 Å². The average Bonchev–Trinajstić information content (AvgIpc) is 3.16. The Hall–Kier alpha value is -3.50. The lowest BCUT2D eigenvalue weighted by Crippen LogP contribution is -2.30. The molecule has 4 nitrogen and oxygen atoms in total. The molecular formula is C32H36N2O2. The van der Waals surface area contributed by atoms with Crippen molar-refractivity contribution < 1.29 is 10.2 Å². The first-order valence-electron chi connectivity index (χ1n) is 13.2. The van der Waals surface area contributed by atoms with Gasteiger partial charge < -0.3 is 19.7 Å². The predicted molar refractivity (Wildman–Crippen MR) is 150 cm³/mol. The van der Waals surface area contributed by atoms with Gasteiger partial charge in [0.05, 0.1) is 5.69 Å². The van der Waals surface area contributed by atoms with Crippen molar-refractivity contribution in [1.82, 2.24) is 9.47 Å². The fraction of sp³-hybridized carbons (Fsp3) is 0.312. The van der Waals surface area contributed by atoms with Gasteiger partial charge in [-0.25, -0.2) is 0 Å². The van der Waals surface area contributed by atoms with Crippen LogP contribution in [0.15, 0.2) is 72.8 Å². The number of phenolic OH excluding ortho intramolecular Hbond substituents is 2. The molecule has 4 aromatic rings. The van der Waals surface area contributed by atoms with Gasteiger partial charge in [-0.05, 0) is 117 Å². The number of piperidine rings is 1. The number of aromatic hydroxyl groups is 2. The van der Waals surface area contributed by atoms with E-state index in [0.29, 0.717) is 0 Å². The first-order chi connectivity index (χ1) is 17.6. The molecule has 0 atom stereocenters. The molecule has 1 aromatic heterocycles. The molecule has 4 heteroatoms. The van der Waals surface area contributed by atoms with Crippen molar-refractivity contribution in [2.45, 2.75) is 45.6 Å². The van der Waals surface area contributed by atoms with Crippen LogP contribution < -0.4 is 0 Å². The number of hydrogen-bond donors (Lipinski definition) is 2. The van der Waals surface area contributed by atoms with E-state index in [1.54, 1.807) is 18.2 Å². The van der Waals surface area contributed by atoms with E-state index >= 15 is 0 Å². The Balaban J connectivity index is 1.31. The topological polar surface area (TPSA) is 48.6 Å². The third-order valence-corrected chi connectivity index (χ3v) is 7.37. The largest absolute Gasteiger partial charge is 0.508 e. The Morgan fingerprint density at radius 1 is 0.833 bits per heavy atom. The summed E-state index contributed by atoms with van der Waals surface area (Å²) >= 11 is 0. The van der Waals surface area contributed by atoms with Crippen LogP contribution in [-0.2, 0) is 6.54 Å². The maximum absolute atomic E-state index is 10.1. The Morgan fingerprint density at radius 3 is 2.31 bits per heavy atom. The summed E-state index contributed by atoms with van der Waals surface area (Å²) in [4.78, 5) is 2.60. The summed E-state index contributed by atoms with van der Waals surface area (Å²) in [6.07, 6.45) is 11.0. The summed E-state index contributed by atoms with van der Waals surface area (Å²) in [6.45, 7) is 6.59. The van der Waals surface area contributed by atoms with Gasteiger partial charge >= 0.3 is 0 Å². The summed E-state index contributed by atoms with van der Waals surface area (Å²) in [5, 5.41) is 20.9. The van der Waals surface area contributed by atoms with Crippen molar-refractivity contribution in [3.8, 4) is 22.8 Å². The smallest absolute Gasteiger partial charge is 0.116 e. The van der Waals surface area contributed by atoms with Crippen molar-refractivity contribution in [1.29, 1.82) is 0 Å². The molecule has 186 valence electrons.